The Bertz CT molecular complexity index is 774. The third-order valence-electron chi connectivity index (χ3n) is 3.30. The summed E-state index contributed by atoms with van der Waals surface area (Å²) in [6, 6.07) is 8.91. The van der Waals surface area contributed by atoms with Gasteiger partial charge in [0.25, 0.3) is 0 Å². The summed E-state index contributed by atoms with van der Waals surface area (Å²) in [5.41, 5.74) is 4.48. The summed E-state index contributed by atoms with van der Waals surface area (Å²) in [6.07, 6.45) is 3.28. The van der Waals surface area contributed by atoms with Crippen LogP contribution in [0.15, 0.2) is 48.1 Å². The van der Waals surface area contributed by atoms with Crippen molar-refractivity contribution in [2.24, 2.45) is 5.10 Å². The molecule has 0 aliphatic rings. The minimum Gasteiger partial charge on any atom is -0.490 e. The van der Waals surface area contributed by atoms with Crippen LogP contribution in [0.2, 0.25) is 15.1 Å². The number of nitrogens with one attached hydrogen (secondary N) is 1. The van der Waals surface area contributed by atoms with Crippen LogP contribution in [0.1, 0.15) is 18.1 Å². The summed E-state index contributed by atoms with van der Waals surface area (Å²) in [5, 5.41) is 5.81. The van der Waals surface area contributed by atoms with Crippen LogP contribution in [0.25, 0.3) is 0 Å². The van der Waals surface area contributed by atoms with Crippen LogP contribution >= 0.6 is 34.8 Å². The van der Waals surface area contributed by atoms with Crippen LogP contribution in [0, 0.1) is 0 Å². The molecule has 0 aromatic heterocycles. The Morgan fingerprint density at radius 1 is 1.12 bits per heavy atom. The maximum atomic E-state index is 6.30. The summed E-state index contributed by atoms with van der Waals surface area (Å²) < 4.78 is 11.2. The van der Waals surface area contributed by atoms with Crippen molar-refractivity contribution < 1.29 is 9.47 Å². The molecule has 26 heavy (non-hydrogen) atoms. The number of nitrogens with zero attached hydrogens (tertiary/aromatic N) is 1. The Kier molecular flexibility index (Phi) is 8.10. The highest BCUT2D eigenvalue weighted by Gasteiger charge is 2.11. The average Bonchev–Trinajstić information content (AvgIpc) is 2.60. The lowest BCUT2D eigenvalue weighted by molar-refractivity contribution is 0.297. The molecule has 0 atom stereocenters. The predicted octanol–water partition coefficient (Wildman–Crippen LogP) is 5.73. The van der Waals surface area contributed by atoms with Crippen molar-refractivity contribution in [3.63, 3.8) is 0 Å². The lowest BCUT2D eigenvalue weighted by Gasteiger charge is -2.13. The molecular weight excluding hydrogens is 395 g/mol. The molecule has 0 unspecified atom stereocenters. The molecule has 2 rings (SSSR count). The minimum atomic E-state index is 0.341. The number of benzene rings is 2. The zero-order chi connectivity index (χ0) is 18.9. The third kappa shape index (κ3) is 5.56. The SMILES string of the molecule is C=CCOc1c(Cl)cc(/C=N/NCc2c(Cl)cccc2Cl)cc1OCC. The van der Waals surface area contributed by atoms with Gasteiger partial charge >= 0.3 is 0 Å². The van der Waals surface area contributed by atoms with E-state index in [1.807, 2.05) is 6.92 Å². The Morgan fingerprint density at radius 2 is 1.85 bits per heavy atom. The Labute approximate surface area is 168 Å². The Morgan fingerprint density at radius 3 is 2.50 bits per heavy atom. The summed E-state index contributed by atoms with van der Waals surface area (Å²) in [7, 11) is 0. The molecule has 0 aliphatic heterocycles. The first kappa shape index (κ1) is 20.4. The third-order valence-corrected chi connectivity index (χ3v) is 4.29. The lowest BCUT2D eigenvalue weighted by atomic mass is 10.2. The highest BCUT2D eigenvalue weighted by molar-refractivity contribution is 6.36. The highest BCUT2D eigenvalue weighted by Crippen LogP contribution is 2.36. The van der Waals surface area contributed by atoms with E-state index in [-0.39, 0.29) is 0 Å². The van der Waals surface area contributed by atoms with Gasteiger partial charge in [-0.15, -0.1) is 0 Å². The van der Waals surface area contributed by atoms with Gasteiger partial charge in [-0.2, -0.15) is 5.10 Å². The Hall–Kier alpha value is -1.88. The van der Waals surface area contributed by atoms with Gasteiger partial charge in [-0.05, 0) is 36.8 Å². The van der Waals surface area contributed by atoms with E-state index in [1.54, 1.807) is 42.6 Å². The number of hydrogen-bond acceptors (Lipinski definition) is 4. The molecule has 0 saturated heterocycles. The smallest absolute Gasteiger partial charge is 0.180 e. The van der Waals surface area contributed by atoms with Crippen LogP contribution in [0.5, 0.6) is 11.5 Å². The van der Waals surface area contributed by atoms with E-state index in [1.165, 1.54) is 0 Å². The zero-order valence-electron chi connectivity index (χ0n) is 14.3. The van der Waals surface area contributed by atoms with Crippen molar-refractivity contribution in [3.8, 4) is 11.5 Å². The van der Waals surface area contributed by atoms with Gasteiger partial charge in [0.05, 0.1) is 24.4 Å². The number of hydrazone groups is 1. The van der Waals surface area contributed by atoms with Crippen molar-refractivity contribution in [1.29, 1.82) is 0 Å². The fourth-order valence-corrected chi connectivity index (χ4v) is 2.96. The van der Waals surface area contributed by atoms with Gasteiger partial charge in [0.15, 0.2) is 11.5 Å². The largest absolute Gasteiger partial charge is 0.490 e. The molecule has 0 saturated carbocycles. The van der Waals surface area contributed by atoms with Gasteiger partial charge in [0, 0.05) is 15.6 Å². The number of hydrogen-bond donors (Lipinski definition) is 1. The zero-order valence-corrected chi connectivity index (χ0v) is 16.5. The van der Waals surface area contributed by atoms with Crippen LogP contribution in [0.4, 0.5) is 0 Å². The van der Waals surface area contributed by atoms with Crippen LogP contribution in [-0.2, 0) is 6.54 Å². The lowest BCUT2D eigenvalue weighted by Crippen LogP contribution is -2.07. The van der Waals surface area contributed by atoms with E-state index < -0.39 is 0 Å². The van der Waals surface area contributed by atoms with Crippen molar-refractivity contribution in [1.82, 2.24) is 5.43 Å². The van der Waals surface area contributed by atoms with Crippen molar-refractivity contribution in [3.05, 3.63) is 69.2 Å². The quantitative estimate of drug-likeness (QED) is 0.324. The van der Waals surface area contributed by atoms with E-state index in [2.05, 4.69) is 17.1 Å². The molecule has 0 heterocycles. The van der Waals surface area contributed by atoms with Gasteiger partial charge in [0.1, 0.15) is 6.61 Å². The molecule has 0 fully saturated rings. The molecule has 138 valence electrons. The first-order valence-corrected chi connectivity index (χ1v) is 9.09. The second kappa shape index (κ2) is 10.3. The second-order valence-electron chi connectivity index (χ2n) is 5.16. The van der Waals surface area contributed by atoms with E-state index in [0.29, 0.717) is 46.3 Å². The molecule has 0 aliphatic carbocycles. The average molecular weight is 414 g/mol. The Balaban J connectivity index is 2.10. The van der Waals surface area contributed by atoms with E-state index in [9.17, 15) is 0 Å². The molecule has 0 spiro atoms. The summed E-state index contributed by atoms with van der Waals surface area (Å²) in [4.78, 5) is 0. The molecule has 4 nitrogen and oxygen atoms in total. The van der Waals surface area contributed by atoms with Gasteiger partial charge in [0.2, 0.25) is 0 Å². The normalized spacial score (nSPS) is 10.8. The summed E-state index contributed by atoms with van der Waals surface area (Å²) in [5.74, 6) is 1.04. The molecule has 2 aromatic rings. The maximum Gasteiger partial charge on any atom is 0.180 e. The molecule has 2 aromatic carbocycles. The molecule has 0 bridgehead atoms. The molecular formula is C19H19Cl3N2O2. The highest BCUT2D eigenvalue weighted by atomic mass is 35.5. The van der Waals surface area contributed by atoms with Gasteiger partial charge < -0.3 is 14.9 Å². The van der Waals surface area contributed by atoms with Gasteiger partial charge in [-0.3, -0.25) is 0 Å². The first-order valence-electron chi connectivity index (χ1n) is 7.95. The fraction of sp³-hybridized carbons (Fsp3) is 0.211. The number of rotatable bonds is 9. The topological polar surface area (TPSA) is 42.8 Å². The number of halogens is 3. The molecule has 0 radical (unpaired) electrons. The van der Waals surface area contributed by atoms with E-state index in [0.717, 1.165) is 11.1 Å². The van der Waals surface area contributed by atoms with E-state index >= 15 is 0 Å². The molecule has 0 amide bonds. The summed E-state index contributed by atoms with van der Waals surface area (Å²) >= 11 is 18.6. The second-order valence-corrected chi connectivity index (χ2v) is 6.38. The predicted molar refractivity (Wildman–Crippen MR) is 109 cm³/mol. The fourth-order valence-electron chi connectivity index (χ4n) is 2.15. The van der Waals surface area contributed by atoms with Crippen molar-refractivity contribution in [2.75, 3.05) is 13.2 Å². The maximum absolute atomic E-state index is 6.30. The minimum absolute atomic E-state index is 0.341. The molecule has 1 N–H and O–H groups in total. The first-order chi connectivity index (χ1) is 12.6. The van der Waals surface area contributed by atoms with Crippen LogP contribution in [0.3, 0.4) is 0 Å². The van der Waals surface area contributed by atoms with Crippen LogP contribution < -0.4 is 14.9 Å². The standard InChI is InChI=1S/C19H19Cl3N2O2/c1-3-8-26-19-17(22)9-13(10-18(19)25-4-2)11-23-24-12-14-15(20)6-5-7-16(14)21/h3,5-7,9-11,24H,1,4,8,12H2,2H3/b23-11+. The molecule has 7 heteroatoms. The van der Waals surface area contributed by atoms with Crippen LogP contribution in [-0.4, -0.2) is 19.4 Å². The van der Waals surface area contributed by atoms with Crippen molar-refractivity contribution in [2.45, 2.75) is 13.5 Å². The van der Waals surface area contributed by atoms with Crippen molar-refractivity contribution >= 4 is 41.0 Å². The number of ether oxygens (including phenoxy) is 2. The summed E-state index contributed by atoms with van der Waals surface area (Å²) in [6.45, 7) is 6.75. The van der Waals surface area contributed by atoms with E-state index in [4.69, 9.17) is 44.3 Å². The monoisotopic (exact) mass is 412 g/mol. The van der Waals surface area contributed by atoms with Gasteiger partial charge in [-0.25, -0.2) is 0 Å². The van der Waals surface area contributed by atoms with Gasteiger partial charge in [-0.1, -0.05) is 53.5 Å².